The van der Waals surface area contributed by atoms with Crippen molar-refractivity contribution < 1.29 is 23.7 Å². The lowest BCUT2D eigenvalue weighted by molar-refractivity contribution is -0.117. The third-order valence-corrected chi connectivity index (χ3v) is 4.91. The van der Waals surface area contributed by atoms with Crippen molar-refractivity contribution in [2.24, 2.45) is 11.7 Å². The van der Waals surface area contributed by atoms with Gasteiger partial charge in [0.05, 0.1) is 27.2 Å². The summed E-state index contributed by atoms with van der Waals surface area (Å²) < 4.78 is 22.0. The van der Waals surface area contributed by atoms with Crippen LogP contribution in [0.3, 0.4) is 0 Å². The van der Waals surface area contributed by atoms with Crippen molar-refractivity contribution in [2.75, 3.05) is 21.3 Å². The van der Waals surface area contributed by atoms with E-state index in [1.165, 1.54) is 21.3 Å². The van der Waals surface area contributed by atoms with Gasteiger partial charge in [-0.2, -0.15) is 5.26 Å². The highest BCUT2D eigenvalue weighted by Gasteiger charge is 2.41. The summed E-state index contributed by atoms with van der Waals surface area (Å²) >= 11 is 0. The van der Waals surface area contributed by atoms with Crippen molar-refractivity contribution in [2.45, 2.75) is 25.7 Å². The van der Waals surface area contributed by atoms with Crippen LogP contribution in [0.25, 0.3) is 0 Å². The lowest BCUT2D eigenvalue weighted by Crippen LogP contribution is -2.30. The van der Waals surface area contributed by atoms with Crippen LogP contribution < -0.4 is 19.9 Å². The first-order valence-corrected chi connectivity index (χ1v) is 8.59. The highest BCUT2D eigenvalue weighted by Crippen LogP contribution is 2.50. The van der Waals surface area contributed by atoms with E-state index in [-0.39, 0.29) is 23.2 Å². The van der Waals surface area contributed by atoms with Gasteiger partial charge in [0.15, 0.2) is 17.3 Å². The molecule has 0 radical (unpaired) electrons. The molecule has 0 saturated carbocycles. The van der Waals surface area contributed by atoms with Gasteiger partial charge in [0.25, 0.3) is 0 Å². The zero-order valence-electron chi connectivity index (χ0n) is 15.8. The number of carbonyl (C=O) groups is 1. The highest BCUT2D eigenvalue weighted by atomic mass is 16.5. The van der Waals surface area contributed by atoms with Crippen LogP contribution in [-0.2, 0) is 9.53 Å². The Morgan fingerprint density at radius 1 is 1.15 bits per heavy atom. The second kappa shape index (κ2) is 7.23. The first-order valence-electron chi connectivity index (χ1n) is 8.59. The van der Waals surface area contributed by atoms with Crippen LogP contribution in [0.4, 0.5) is 0 Å². The molecule has 1 aromatic rings. The van der Waals surface area contributed by atoms with Crippen molar-refractivity contribution in [3.8, 4) is 23.3 Å². The van der Waals surface area contributed by atoms with E-state index in [1.54, 1.807) is 12.1 Å². The number of rotatable bonds is 4. The minimum atomic E-state index is -0.673. The summed E-state index contributed by atoms with van der Waals surface area (Å²) in [6.45, 7) is 1.98. The summed E-state index contributed by atoms with van der Waals surface area (Å²) in [6, 6.07) is 5.58. The standard InChI is InChI=1S/C20H22N2O5/c1-10-7-13(23)17-15(8-10)27-20(22)12(9-21)16(17)11-5-6-14(24-2)19(26-4)18(11)25-3/h5-6,10,16H,7-8,22H2,1-4H3/t10-,16+/m0/s1. The molecule has 2 atom stereocenters. The average Bonchev–Trinajstić information content (AvgIpc) is 2.65. The lowest BCUT2D eigenvalue weighted by Gasteiger charge is -2.33. The minimum Gasteiger partial charge on any atom is -0.493 e. The van der Waals surface area contributed by atoms with E-state index in [9.17, 15) is 10.1 Å². The Bertz CT molecular complexity index is 894. The SMILES string of the molecule is COc1ccc([C@@H]2C(C#N)=C(N)OC3=C2C(=O)C[C@H](C)C3)c(OC)c1OC. The number of Topliss-reactive ketones (excluding diaryl/α,β-unsaturated/α-hetero) is 1. The highest BCUT2D eigenvalue weighted by molar-refractivity contribution is 6.00. The van der Waals surface area contributed by atoms with Crippen LogP contribution in [0.1, 0.15) is 31.2 Å². The van der Waals surface area contributed by atoms with E-state index in [4.69, 9.17) is 24.7 Å². The number of hydrogen-bond acceptors (Lipinski definition) is 7. The summed E-state index contributed by atoms with van der Waals surface area (Å²) in [5.74, 6) is 1.23. The smallest absolute Gasteiger partial charge is 0.205 e. The largest absolute Gasteiger partial charge is 0.493 e. The van der Waals surface area contributed by atoms with Crippen LogP contribution in [0.2, 0.25) is 0 Å². The Morgan fingerprint density at radius 3 is 2.44 bits per heavy atom. The molecule has 0 bridgehead atoms. The number of ether oxygens (including phenoxy) is 4. The third kappa shape index (κ3) is 2.97. The number of hydrogen-bond donors (Lipinski definition) is 1. The van der Waals surface area contributed by atoms with Gasteiger partial charge in [-0.05, 0) is 12.0 Å². The number of nitriles is 1. The van der Waals surface area contributed by atoms with Crippen LogP contribution in [0, 0.1) is 17.2 Å². The molecule has 7 heteroatoms. The van der Waals surface area contributed by atoms with Gasteiger partial charge in [-0.3, -0.25) is 4.79 Å². The van der Waals surface area contributed by atoms with Crippen molar-refractivity contribution >= 4 is 5.78 Å². The molecule has 0 amide bonds. The molecule has 0 saturated heterocycles. The normalized spacial score (nSPS) is 22.0. The van der Waals surface area contributed by atoms with Crippen LogP contribution in [-0.4, -0.2) is 27.1 Å². The second-order valence-corrected chi connectivity index (χ2v) is 6.62. The number of carbonyl (C=O) groups excluding carboxylic acids is 1. The first-order chi connectivity index (χ1) is 13.0. The number of ketones is 1. The van der Waals surface area contributed by atoms with Crippen LogP contribution >= 0.6 is 0 Å². The Labute approximate surface area is 157 Å². The Kier molecular flexibility index (Phi) is 5.00. The summed E-state index contributed by atoms with van der Waals surface area (Å²) in [5, 5.41) is 9.71. The quantitative estimate of drug-likeness (QED) is 0.869. The summed E-state index contributed by atoms with van der Waals surface area (Å²) in [6.07, 6.45) is 0.986. The number of benzene rings is 1. The fourth-order valence-corrected chi connectivity index (χ4v) is 3.76. The van der Waals surface area contributed by atoms with E-state index in [1.807, 2.05) is 6.92 Å². The lowest BCUT2D eigenvalue weighted by atomic mass is 9.75. The molecule has 0 unspecified atom stereocenters. The van der Waals surface area contributed by atoms with Crippen LogP contribution in [0.15, 0.2) is 34.9 Å². The third-order valence-electron chi connectivity index (χ3n) is 4.91. The van der Waals surface area contributed by atoms with Gasteiger partial charge in [0.1, 0.15) is 17.4 Å². The molecule has 0 fully saturated rings. The van der Waals surface area contributed by atoms with Gasteiger partial charge in [0, 0.05) is 24.0 Å². The molecule has 3 rings (SSSR count). The van der Waals surface area contributed by atoms with Gasteiger partial charge in [-0.25, -0.2) is 0 Å². The molecule has 1 aromatic carbocycles. The van der Waals surface area contributed by atoms with E-state index in [2.05, 4.69) is 6.07 Å². The average molecular weight is 370 g/mol. The molecule has 142 valence electrons. The van der Waals surface area contributed by atoms with Crippen LogP contribution in [0.5, 0.6) is 17.2 Å². The predicted molar refractivity (Wildman–Crippen MR) is 97.2 cm³/mol. The fourth-order valence-electron chi connectivity index (χ4n) is 3.76. The second-order valence-electron chi connectivity index (χ2n) is 6.62. The molecule has 1 aliphatic carbocycles. The van der Waals surface area contributed by atoms with Crippen molar-refractivity contribution in [3.05, 3.63) is 40.5 Å². The number of nitrogens with zero attached hydrogens (tertiary/aromatic N) is 1. The predicted octanol–water partition coefficient (Wildman–Crippen LogP) is 2.77. The summed E-state index contributed by atoms with van der Waals surface area (Å²) in [4.78, 5) is 12.9. The minimum absolute atomic E-state index is 0.0139. The van der Waals surface area contributed by atoms with Crippen molar-refractivity contribution in [3.63, 3.8) is 0 Å². The molecule has 0 aromatic heterocycles. The van der Waals surface area contributed by atoms with Gasteiger partial charge in [-0.15, -0.1) is 0 Å². The fraction of sp³-hybridized carbons (Fsp3) is 0.400. The number of allylic oxidation sites excluding steroid dienone is 3. The van der Waals surface area contributed by atoms with Gasteiger partial charge < -0.3 is 24.7 Å². The molecule has 1 aliphatic heterocycles. The zero-order chi connectivity index (χ0) is 19.7. The maximum atomic E-state index is 12.9. The molecule has 2 N–H and O–H groups in total. The van der Waals surface area contributed by atoms with Gasteiger partial charge in [0.2, 0.25) is 11.6 Å². The van der Waals surface area contributed by atoms with E-state index >= 15 is 0 Å². The number of nitrogens with two attached hydrogens (primary N) is 1. The van der Waals surface area contributed by atoms with E-state index < -0.39 is 5.92 Å². The Morgan fingerprint density at radius 2 is 1.85 bits per heavy atom. The van der Waals surface area contributed by atoms with Crippen molar-refractivity contribution in [1.29, 1.82) is 5.26 Å². The number of methoxy groups -OCH3 is 3. The monoisotopic (exact) mass is 370 g/mol. The maximum absolute atomic E-state index is 12.9. The van der Waals surface area contributed by atoms with E-state index in [0.717, 1.165) is 0 Å². The zero-order valence-corrected chi connectivity index (χ0v) is 15.8. The molecular formula is C20H22N2O5. The first kappa shape index (κ1) is 18.6. The molecular weight excluding hydrogens is 348 g/mol. The molecule has 0 spiro atoms. The van der Waals surface area contributed by atoms with Crippen molar-refractivity contribution in [1.82, 2.24) is 0 Å². The molecule has 2 aliphatic rings. The Hall–Kier alpha value is -3.14. The van der Waals surface area contributed by atoms with Gasteiger partial charge >= 0.3 is 0 Å². The summed E-state index contributed by atoms with van der Waals surface area (Å²) in [7, 11) is 4.53. The van der Waals surface area contributed by atoms with E-state index in [0.29, 0.717) is 47.0 Å². The maximum Gasteiger partial charge on any atom is 0.205 e. The molecule has 7 nitrogen and oxygen atoms in total. The molecule has 27 heavy (non-hydrogen) atoms. The Balaban J connectivity index is 2.28. The van der Waals surface area contributed by atoms with Gasteiger partial charge in [-0.1, -0.05) is 13.0 Å². The molecule has 1 heterocycles. The topological polar surface area (TPSA) is 104 Å². The summed E-state index contributed by atoms with van der Waals surface area (Å²) in [5.41, 5.74) is 7.28.